The van der Waals surface area contributed by atoms with Crippen molar-refractivity contribution in [3.63, 3.8) is 0 Å². The van der Waals surface area contributed by atoms with Crippen LogP contribution in [0.4, 0.5) is 14.4 Å². The lowest BCUT2D eigenvalue weighted by Gasteiger charge is -2.31. The van der Waals surface area contributed by atoms with Crippen molar-refractivity contribution in [1.29, 1.82) is 16.2 Å². The minimum atomic E-state index is -1.68. The Kier molecular flexibility index (Phi) is 54.4. The third kappa shape index (κ3) is 45.7. The van der Waals surface area contributed by atoms with E-state index in [1.165, 1.54) is 60.4 Å². The zero-order valence-electron chi connectivity index (χ0n) is 81.4. The molecule has 0 aromatic heterocycles. The van der Waals surface area contributed by atoms with E-state index < -0.39 is 203 Å². The number of rotatable bonds is 67. The lowest BCUT2D eigenvalue weighted by molar-refractivity contribution is -0.142. The molecule has 54 heteroatoms. The van der Waals surface area contributed by atoms with Crippen LogP contribution in [0.3, 0.4) is 0 Å². The number of primary amides is 3. The van der Waals surface area contributed by atoms with Crippen LogP contribution in [0, 0.1) is 16.2 Å². The number of amides is 20. The summed E-state index contributed by atoms with van der Waals surface area (Å²) in [7, 11) is 0. The number of urea groups is 3. The second kappa shape index (κ2) is 65.3. The molecular formula is C92H143N31O21S2. The predicted molar refractivity (Wildman–Crippen MR) is 546 cm³/mol. The normalized spacial score (nSPS) is 14.7. The average molecular weight is 2080 g/mol. The number of nitrogens with one attached hydrogen (secondary N) is 22. The Morgan fingerprint density at radius 2 is 0.623 bits per heavy atom. The maximum atomic E-state index is 15.4. The van der Waals surface area contributed by atoms with Gasteiger partial charge in [0.2, 0.25) is 82.7 Å². The van der Waals surface area contributed by atoms with Gasteiger partial charge < -0.3 is 167 Å². The smallest absolute Gasteiger partial charge is 0.326 e. The summed E-state index contributed by atoms with van der Waals surface area (Å²) in [4.78, 5) is 254. The Morgan fingerprint density at radius 3 is 0.966 bits per heavy atom. The van der Waals surface area contributed by atoms with Gasteiger partial charge in [-0.05, 0) is 193 Å². The van der Waals surface area contributed by atoms with Crippen molar-refractivity contribution in [2.24, 2.45) is 45.9 Å². The number of benzene rings is 4. The van der Waals surface area contributed by atoms with E-state index in [1.807, 2.05) is 18.2 Å². The van der Waals surface area contributed by atoms with Gasteiger partial charge in [0.15, 0.2) is 17.9 Å². The van der Waals surface area contributed by atoms with E-state index in [2.05, 4.69) is 126 Å². The molecule has 4 aromatic rings. The molecule has 0 radical (unpaired) electrons. The van der Waals surface area contributed by atoms with Crippen LogP contribution in [0.15, 0.2) is 91.0 Å². The summed E-state index contributed by atoms with van der Waals surface area (Å²) in [6.07, 6.45) is -0.910. The summed E-state index contributed by atoms with van der Waals surface area (Å²) < 4.78 is 0. The fourth-order valence-corrected chi connectivity index (χ4v) is 16.1. The molecule has 1 aliphatic rings. The average Bonchev–Trinajstić information content (AvgIpc) is 1.78. The van der Waals surface area contributed by atoms with E-state index in [0.717, 1.165) is 10.8 Å². The lowest BCUT2D eigenvalue weighted by atomic mass is 10.00. The zero-order valence-corrected chi connectivity index (χ0v) is 83.2. The molecule has 1 heterocycles. The number of aliphatic carboxylic acids is 1. The number of hydrogen-bond donors (Lipinski definition) is 35. The Labute approximate surface area is 854 Å². The van der Waals surface area contributed by atoms with Crippen molar-refractivity contribution < 1.29 is 102 Å². The van der Waals surface area contributed by atoms with Gasteiger partial charge in [0, 0.05) is 83.5 Å². The highest BCUT2D eigenvalue weighted by atomic mass is 32.1. The number of aromatic hydroxyl groups is 2. The van der Waals surface area contributed by atoms with E-state index in [1.54, 1.807) is 24.3 Å². The molecule has 0 saturated carbocycles. The molecule has 0 bridgehead atoms. The van der Waals surface area contributed by atoms with Gasteiger partial charge in [-0.25, -0.2) is 19.2 Å². The number of guanidine groups is 3. The minimum absolute atomic E-state index is 0.0193. The topological polar surface area (TPSA) is 879 Å². The van der Waals surface area contributed by atoms with Crippen molar-refractivity contribution >= 4 is 161 Å². The Balaban J connectivity index is 1.48. The zero-order chi connectivity index (χ0) is 108. The first-order valence-corrected chi connectivity index (χ1v) is 49.2. The quantitative estimate of drug-likeness (QED) is 0.00847. The first kappa shape index (κ1) is 122. The molecule has 52 nitrogen and oxygen atoms in total. The summed E-state index contributed by atoms with van der Waals surface area (Å²) in [5.41, 5.74) is 45.6. The van der Waals surface area contributed by atoms with E-state index in [9.17, 15) is 68.1 Å². The number of carbonyl (C=O) groups excluding carboxylic acids is 17. The number of fused-ring (bicyclic) bond motifs is 1. The van der Waals surface area contributed by atoms with Gasteiger partial charge in [0.1, 0.15) is 96.1 Å². The summed E-state index contributed by atoms with van der Waals surface area (Å²) in [6, 6.07) is -0.739. The molecule has 146 heavy (non-hydrogen) atoms. The van der Waals surface area contributed by atoms with E-state index in [4.69, 9.17) is 62.1 Å². The second-order valence-corrected chi connectivity index (χ2v) is 35.6. The fourth-order valence-electron chi connectivity index (χ4n) is 15.6. The van der Waals surface area contributed by atoms with Crippen LogP contribution in [0.1, 0.15) is 152 Å². The molecule has 1 saturated heterocycles. The molecule has 804 valence electrons. The molecule has 14 atom stereocenters. The van der Waals surface area contributed by atoms with Crippen LogP contribution in [0.2, 0.25) is 0 Å². The predicted octanol–water partition coefficient (Wildman–Crippen LogP) is -6.07. The van der Waals surface area contributed by atoms with Gasteiger partial charge in [-0.15, -0.1) is 0 Å². The van der Waals surface area contributed by atoms with Crippen molar-refractivity contribution in [2.75, 3.05) is 70.4 Å². The number of nitrogens with zero attached hydrogens (tertiary/aromatic N) is 1. The number of carboxylic acid groups (broad SMARTS) is 1. The highest BCUT2D eigenvalue weighted by molar-refractivity contribution is 7.80. The van der Waals surface area contributed by atoms with Crippen molar-refractivity contribution in [2.45, 2.75) is 239 Å². The molecule has 4 aromatic carbocycles. The Hall–Kier alpha value is -15.0. The van der Waals surface area contributed by atoms with Crippen LogP contribution < -0.4 is 147 Å². The molecule has 5 rings (SSSR count). The first-order chi connectivity index (χ1) is 69.5. The molecular weight excluding hydrogens is 1940 g/mol. The van der Waals surface area contributed by atoms with Gasteiger partial charge in [0.25, 0.3) is 0 Å². The molecule has 1 fully saturated rings. The summed E-state index contributed by atoms with van der Waals surface area (Å²) >= 11 is 8.67. The molecule has 0 spiro atoms. The minimum Gasteiger partial charge on any atom is -0.508 e. The molecule has 20 amide bonds. The third-order valence-corrected chi connectivity index (χ3v) is 23.9. The third-order valence-electron chi connectivity index (χ3n) is 23.2. The van der Waals surface area contributed by atoms with Gasteiger partial charge in [-0.2, -0.15) is 25.3 Å². The lowest BCUT2D eigenvalue weighted by Crippen LogP contribution is -2.61. The summed E-state index contributed by atoms with van der Waals surface area (Å²) in [5, 5.41) is 104. The number of thiol groups is 2. The van der Waals surface area contributed by atoms with Gasteiger partial charge in [-0.3, -0.25) is 83.4 Å². The van der Waals surface area contributed by atoms with E-state index in [-0.39, 0.29) is 223 Å². The first-order valence-electron chi connectivity index (χ1n) is 48.0. The summed E-state index contributed by atoms with van der Waals surface area (Å²) in [6.45, 7) is 1.14. The fraction of sp³-hybridized carbons (Fsp3) is 0.533. The SMILES string of the molecule is CC(=O)N[C@@H](CCCNC(=N)N)C(=O)N[C@@H](CCCNC(=N)N)C(=O)N[C@@H](Cc1ccc2ccccc2c1)C(=O)N[C@@H](CS)C(=O)N[C@@H](Cc1ccc(O)cc1)C(=O)N[C@@H](CCCNC(N)=O)C(=O)N[C@@H](CCCCN)C(=O)N[C@H](CCCCN)C(=O)N1CCC[C@H]1C(=O)N[C@@H](Cc1ccc(O)cc1)C(=O)N[C@@H](CCCNC(N)=O)C(=O)N[C@@H](CCCNC(N)=O)C(=O)N[C@@H](CS)C(=O)N[C@@H](CCCNC(=N)N)C(=O)O. The van der Waals surface area contributed by atoms with E-state index >= 15 is 33.6 Å². The largest absolute Gasteiger partial charge is 0.508 e. The van der Waals surface area contributed by atoms with Crippen molar-refractivity contribution in [1.82, 2.24) is 106 Å². The van der Waals surface area contributed by atoms with Gasteiger partial charge >= 0.3 is 24.1 Å². The van der Waals surface area contributed by atoms with Crippen LogP contribution in [0.5, 0.6) is 11.5 Å². The number of unbranched alkanes of at least 4 members (excludes halogenated alkanes) is 2. The highest BCUT2D eigenvalue weighted by Gasteiger charge is 2.42. The second-order valence-electron chi connectivity index (χ2n) is 34.8. The van der Waals surface area contributed by atoms with Crippen molar-refractivity contribution in [3.05, 3.63) is 108 Å². The molecule has 1 aliphatic heterocycles. The number of carboxylic acids is 1. The van der Waals surface area contributed by atoms with E-state index in [0.29, 0.717) is 29.5 Å². The maximum Gasteiger partial charge on any atom is 0.326 e. The number of nitrogens with two attached hydrogens (primary N) is 8. The number of phenols is 2. The van der Waals surface area contributed by atoms with Gasteiger partial charge in [-0.1, -0.05) is 66.7 Å². The highest BCUT2D eigenvalue weighted by Crippen LogP contribution is 2.24. The van der Waals surface area contributed by atoms with Crippen LogP contribution in [-0.4, -0.2) is 300 Å². The van der Waals surface area contributed by atoms with Crippen LogP contribution in [0.25, 0.3) is 10.8 Å². The number of carbonyl (C=O) groups is 18. The monoisotopic (exact) mass is 2080 g/mol. The molecule has 0 aliphatic carbocycles. The number of phenolic OH excluding ortho intramolecular Hbond substituents is 2. The maximum absolute atomic E-state index is 15.4. The summed E-state index contributed by atoms with van der Waals surface area (Å²) in [5.74, 6) is -16.8. The number of hydrogen-bond acceptors (Lipinski definition) is 27. The molecule has 41 N–H and O–H groups in total. The van der Waals surface area contributed by atoms with Crippen molar-refractivity contribution in [3.8, 4) is 11.5 Å². The number of likely N-dealkylation sites (tertiary alicyclic amines) is 1. The Bertz CT molecular complexity index is 5070. The van der Waals surface area contributed by atoms with Crippen LogP contribution in [-0.2, 0) is 91.2 Å². The van der Waals surface area contributed by atoms with Crippen LogP contribution >= 0.6 is 25.3 Å². The van der Waals surface area contributed by atoms with Gasteiger partial charge in [0.05, 0.1) is 0 Å². The standard InChI is InChI=1S/C92H143N31O21S2/c1-51(124)110-59(19-8-38-104-87(95)96)73(127)112-63(20-9-39-105-88(97)98)77(131)118-69(48-54-26-31-55-15-2-3-16-56(55)45-54)81(135)122-71(50-146)83(137)119-67(46-52-27-32-57(125)33-28-52)79(133)114-61(21-10-41-107-90(101)142)74(128)111-60(17-4-6-36-93)76(130)116-65(18-5-7-37-94)85(139)123-44-14-25-72(123)84(138)120-68(47-53-29-34-58(126)35-30-53)80(134)115-62(22-11-42-108-91(102)143)75(129)113-64(23-12-43-109-92(103)144)78(132)121-70(49-145)82(136)117-66(86(140)141)24-13-40-106-89(99)100/h2-3,15-16,26-35,45,59-72,125-126,145-146H,4-14,17-25,36-44,46-50,93-94H2,1H3,(H,110,124)(H,111,128)(H,112,127)(H,113,129)(H,114,133)(H,115,134)(H,116,130)(H,117,136)(H,118,131)(H,119,137)(H,120,138)(H,121,132)(H,122,135)(H,140,141)(H4,95,96,104)(H4,97,98,105)(H4,99,100,106)(H3,101,107,142)(H3,102,108,143)(H3,103,109,144)/t59-,60-,61-,62-,63-,64-,65+,66-,67-,68-,69-,70-,71-,72-/m0/s1. The molecule has 0 unspecified atom stereocenters. The Morgan fingerprint density at radius 1 is 0.342 bits per heavy atom.